The number of carbonyl (C=O) groups excluding carboxylic acids is 1. The maximum atomic E-state index is 13.1. The second-order valence-electron chi connectivity index (χ2n) is 4.97. The van der Waals surface area contributed by atoms with Crippen LogP contribution in [0.2, 0.25) is 0 Å². The van der Waals surface area contributed by atoms with Crippen LogP contribution in [0.4, 0.5) is 4.39 Å². The van der Waals surface area contributed by atoms with E-state index in [2.05, 4.69) is 10.6 Å². The van der Waals surface area contributed by atoms with Crippen molar-refractivity contribution >= 4 is 18.3 Å². The van der Waals surface area contributed by atoms with E-state index < -0.39 is 0 Å². The van der Waals surface area contributed by atoms with E-state index in [0.29, 0.717) is 6.54 Å². The number of benzene rings is 1. The third-order valence-electron chi connectivity index (χ3n) is 3.35. The van der Waals surface area contributed by atoms with Crippen LogP contribution in [0.3, 0.4) is 0 Å². The van der Waals surface area contributed by atoms with Gasteiger partial charge in [0.2, 0.25) is 5.91 Å². The molecule has 1 aliphatic rings. The molecule has 1 aliphatic carbocycles. The molecule has 0 aromatic heterocycles. The van der Waals surface area contributed by atoms with Gasteiger partial charge in [-0.05, 0) is 31.2 Å². The molecule has 1 fully saturated rings. The lowest BCUT2D eigenvalue weighted by atomic mass is 10.1. The Kier molecular flexibility index (Phi) is 5.76. The molecule has 0 bridgehead atoms. The van der Waals surface area contributed by atoms with Gasteiger partial charge in [0, 0.05) is 24.4 Å². The first-order valence-corrected chi connectivity index (χ1v) is 6.32. The molecule has 1 saturated carbocycles. The van der Waals surface area contributed by atoms with Crippen molar-refractivity contribution in [1.29, 1.82) is 0 Å². The van der Waals surface area contributed by atoms with Crippen LogP contribution in [0.1, 0.15) is 24.8 Å². The minimum Gasteiger partial charge on any atom is -0.352 e. The van der Waals surface area contributed by atoms with Crippen molar-refractivity contribution < 1.29 is 9.18 Å². The minimum absolute atomic E-state index is 0. The molecule has 3 unspecified atom stereocenters. The SMILES string of the molecule is CNCC(C)C(=O)NC1CC1c1cccc(F)c1.Cl. The van der Waals surface area contributed by atoms with Crippen molar-refractivity contribution in [2.24, 2.45) is 5.92 Å². The first kappa shape index (κ1) is 15.9. The van der Waals surface area contributed by atoms with Crippen LogP contribution in [-0.2, 0) is 4.79 Å². The summed E-state index contributed by atoms with van der Waals surface area (Å²) in [5.74, 6) is 0.0801. The van der Waals surface area contributed by atoms with Crippen LogP contribution < -0.4 is 10.6 Å². The molecule has 0 aliphatic heterocycles. The van der Waals surface area contributed by atoms with Crippen LogP contribution in [0.15, 0.2) is 24.3 Å². The quantitative estimate of drug-likeness (QED) is 0.870. The van der Waals surface area contributed by atoms with Crippen molar-refractivity contribution in [2.75, 3.05) is 13.6 Å². The largest absolute Gasteiger partial charge is 0.352 e. The highest BCUT2D eigenvalue weighted by Gasteiger charge is 2.40. The summed E-state index contributed by atoms with van der Waals surface area (Å²) in [6.07, 6.45) is 0.904. The number of amides is 1. The molecule has 1 aromatic carbocycles. The van der Waals surface area contributed by atoms with E-state index in [1.54, 1.807) is 12.1 Å². The summed E-state index contributed by atoms with van der Waals surface area (Å²) >= 11 is 0. The van der Waals surface area contributed by atoms with Crippen molar-refractivity contribution in [3.05, 3.63) is 35.6 Å². The predicted octanol–water partition coefficient (Wildman–Crippen LogP) is 2.08. The Bertz CT molecular complexity index is 441. The summed E-state index contributed by atoms with van der Waals surface area (Å²) in [5.41, 5.74) is 0.974. The van der Waals surface area contributed by atoms with Gasteiger partial charge in [-0.15, -0.1) is 12.4 Å². The van der Waals surface area contributed by atoms with Gasteiger partial charge in [-0.25, -0.2) is 4.39 Å². The first-order valence-electron chi connectivity index (χ1n) is 6.32. The first-order chi connectivity index (χ1) is 8.61. The Balaban J connectivity index is 0.00000180. The number of nitrogens with one attached hydrogen (secondary N) is 2. The fourth-order valence-corrected chi connectivity index (χ4v) is 2.18. The molecule has 19 heavy (non-hydrogen) atoms. The van der Waals surface area contributed by atoms with Crippen molar-refractivity contribution in [3.63, 3.8) is 0 Å². The Morgan fingerprint density at radius 2 is 2.26 bits per heavy atom. The van der Waals surface area contributed by atoms with Gasteiger partial charge in [0.25, 0.3) is 0 Å². The van der Waals surface area contributed by atoms with Crippen molar-refractivity contribution in [3.8, 4) is 0 Å². The smallest absolute Gasteiger partial charge is 0.224 e. The monoisotopic (exact) mass is 286 g/mol. The van der Waals surface area contributed by atoms with Gasteiger partial charge in [0.15, 0.2) is 0 Å². The summed E-state index contributed by atoms with van der Waals surface area (Å²) in [5, 5.41) is 5.99. The summed E-state index contributed by atoms with van der Waals surface area (Å²) in [4.78, 5) is 11.8. The second-order valence-corrected chi connectivity index (χ2v) is 4.97. The molecule has 1 aromatic rings. The van der Waals surface area contributed by atoms with E-state index >= 15 is 0 Å². The van der Waals surface area contributed by atoms with Gasteiger partial charge in [-0.1, -0.05) is 19.1 Å². The van der Waals surface area contributed by atoms with Gasteiger partial charge in [-0.2, -0.15) is 0 Å². The fraction of sp³-hybridized carbons (Fsp3) is 0.500. The van der Waals surface area contributed by atoms with Crippen LogP contribution >= 0.6 is 12.4 Å². The molecule has 2 N–H and O–H groups in total. The molecule has 1 amide bonds. The lowest BCUT2D eigenvalue weighted by Gasteiger charge is -2.11. The zero-order valence-corrected chi connectivity index (χ0v) is 12.0. The molecule has 3 nitrogen and oxygen atoms in total. The van der Waals surface area contributed by atoms with Gasteiger partial charge in [0.05, 0.1) is 0 Å². The van der Waals surface area contributed by atoms with Crippen molar-refractivity contribution in [2.45, 2.75) is 25.3 Å². The van der Waals surface area contributed by atoms with E-state index in [1.807, 2.05) is 20.0 Å². The van der Waals surface area contributed by atoms with Crippen molar-refractivity contribution in [1.82, 2.24) is 10.6 Å². The summed E-state index contributed by atoms with van der Waals surface area (Å²) < 4.78 is 13.1. The molecular formula is C14H20ClFN2O. The van der Waals surface area contributed by atoms with E-state index in [0.717, 1.165) is 12.0 Å². The number of halogens is 2. The molecule has 0 saturated heterocycles. The number of rotatable bonds is 5. The van der Waals surface area contributed by atoms with E-state index in [-0.39, 0.29) is 42.0 Å². The Hall–Kier alpha value is -1.13. The summed E-state index contributed by atoms with van der Waals surface area (Å²) in [6, 6.07) is 6.78. The lowest BCUT2D eigenvalue weighted by Crippen LogP contribution is -2.36. The predicted molar refractivity (Wildman–Crippen MR) is 76.0 cm³/mol. The highest BCUT2D eigenvalue weighted by atomic mass is 35.5. The standard InChI is InChI=1S/C14H19FN2O.ClH/c1-9(8-16-2)14(18)17-13-7-12(13)10-4-3-5-11(15)6-10;/h3-6,9,12-13,16H,7-8H2,1-2H3,(H,17,18);1H. The highest BCUT2D eigenvalue weighted by Crippen LogP contribution is 2.40. The Labute approximate surface area is 119 Å². The van der Waals surface area contributed by atoms with E-state index in [4.69, 9.17) is 0 Å². The Morgan fingerprint density at radius 1 is 1.53 bits per heavy atom. The highest BCUT2D eigenvalue weighted by molar-refractivity contribution is 5.85. The van der Waals surface area contributed by atoms with Crippen LogP contribution in [0.5, 0.6) is 0 Å². The summed E-state index contributed by atoms with van der Waals surface area (Å²) in [6.45, 7) is 2.56. The summed E-state index contributed by atoms with van der Waals surface area (Å²) in [7, 11) is 1.83. The van der Waals surface area contributed by atoms with E-state index in [9.17, 15) is 9.18 Å². The molecule has 5 heteroatoms. The fourth-order valence-electron chi connectivity index (χ4n) is 2.18. The molecule has 3 atom stereocenters. The van der Waals surface area contributed by atoms with Crippen LogP contribution in [0, 0.1) is 11.7 Å². The molecule has 0 heterocycles. The van der Waals surface area contributed by atoms with E-state index in [1.165, 1.54) is 6.07 Å². The average molecular weight is 287 g/mol. The van der Waals surface area contributed by atoms with Gasteiger partial charge in [0.1, 0.15) is 5.82 Å². The second kappa shape index (κ2) is 6.87. The lowest BCUT2D eigenvalue weighted by molar-refractivity contribution is -0.124. The Morgan fingerprint density at radius 3 is 2.89 bits per heavy atom. The average Bonchev–Trinajstić information content (AvgIpc) is 3.08. The third kappa shape index (κ3) is 4.18. The normalized spacial score (nSPS) is 22.3. The minimum atomic E-state index is -0.215. The molecule has 0 spiro atoms. The topological polar surface area (TPSA) is 41.1 Å². The number of hydrogen-bond acceptors (Lipinski definition) is 2. The number of hydrogen-bond donors (Lipinski definition) is 2. The van der Waals surface area contributed by atoms with Crippen LogP contribution in [-0.4, -0.2) is 25.5 Å². The number of carbonyl (C=O) groups is 1. The molecular weight excluding hydrogens is 267 g/mol. The van der Waals surface area contributed by atoms with Gasteiger partial charge >= 0.3 is 0 Å². The third-order valence-corrected chi connectivity index (χ3v) is 3.35. The molecule has 0 radical (unpaired) electrons. The molecule has 2 rings (SSSR count). The zero-order chi connectivity index (χ0) is 13.1. The van der Waals surface area contributed by atoms with Crippen LogP contribution in [0.25, 0.3) is 0 Å². The van der Waals surface area contributed by atoms with Gasteiger partial charge in [-0.3, -0.25) is 4.79 Å². The zero-order valence-electron chi connectivity index (χ0n) is 11.2. The molecule has 106 valence electrons. The maximum Gasteiger partial charge on any atom is 0.224 e. The van der Waals surface area contributed by atoms with Gasteiger partial charge < -0.3 is 10.6 Å². The maximum absolute atomic E-state index is 13.1.